The lowest BCUT2D eigenvalue weighted by atomic mass is 9.77. The minimum absolute atomic E-state index is 0.0409. The number of aromatic amines is 1. The van der Waals surface area contributed by atoms with Crippen molar-refractivity contribution in [1.29, 1.82) is 0 Å². The van der Waals surface area contributed by atoms with Gasteiger partial charge in [0.25, 0.3) is 5.56 Å². The lowest BCUT2D eigenvalue weighted by molar-refractivity contribution is -0.202. The van der Waals surface area contributed by atoms with Crippen LogP contribution >= 0.6 is 0 Å². The number of nitrogens with zero attached hydrogens (tertiary/aromatic N) is 2. The Morgan fingerprint density at radius 1 is 1.41 bits per heavy atom. The van der Waals surface area contributed by atoms with Crippen LogP contribution in [0.4, 0.5) is 0 Å². The highest BCUT2D eigenvalue weighted by Gasteiger charge is 2.49. The molecule has 2 saturated heterocycles. The maximum absolute atomic E-state index is 12.4. The molecule has 2 aliphatic heterocycles. The van der Waals surface area contributed by atoms with E-state index in [-0.39, 0.29) is 12.5 Å². The topological polar surface area (TPSA) is 131 Å². The molecule has 1 amide bonds. The first-order chi connectivity index (χ1) is 12.7. The molecule has 0 radical (unpaired) electrons. The summed E-state index contributed by atoms with van der Waals surface area (Å²) in [6, 6.07) is -0.527. The lowest BCUT2D eigenvalue weighted by Gasteiger charge is -2.51. The van der Waals surface area contributed by atoms with Crippen molar-refractivity contribution in [2.24, 2.45) is 5.73 Å². The van der Waals surface area contributed by atoms with Crippen LogP contribution in [0.3, 0.4) is 0 Å². The zero-order valence-corrected chi connectivity index (χ0v) is 15.9. The largest absolute Gasteiger partial charge is 0.386 e. The molecule has 150 valence electrons. The number of ether oxygens (including phenoxy) is 1. The number of nitrogens with two attached hydrogens (primary N) is 1. The molecule has 1 aromatic rings. The van der Waals surface area contributed by atoms with Crippen LogP contribution in [-0.4, -0.2) is 62.9 Å². The number of carbonyl (C=O) groups excluding carboxylic acids is 1. The average molecular weight is 380 g/mol. The van der Waals surface area contributed by atoms with Gasteiger partial charge in [0.15, 0.2) is 0 Å². The van der Waals surface area contributed by atoms with Crippen LogP contribution in [0.25, 0.3) is 0 Å². The molecule has 0 saturated carbocycles. The monoisotopic (exact) mass is 380 g/mol. The molecule has 3 rings (SSSR count). The number of hydrogen-bond acceptors (Lipinski definition) is 6. The van der Waals surface area contributed by atoms with E-state index in [1.165, 1.54) is 10.8 Å². The summed E-state index contributed by atoms with van der Waals surface area (Å²) in [5.41, 5.74) is 3.16. The number of likely N-dealkylation sites (tertiary alicyclic amines) is 1. The van der Waals surface area contributed by atoms with Crippen molar-refractivity contribution in [3.8, 4) is 0 Å². The van der Waals surface area contributed by atoms with Crippen molar-refractivity contribution in [2.45, 2.75) is 56.8 Å². The Bertz CT molecular complexity index is 820. The summed E-state index contributed by atoms with van der Waals surface area (Å²) in [6.07, 6.45) is 3.53. The van der Waals surface area contributed by atoms with E-state index in [0.717, 1.165) is 0 Å². The molecular formula is C18H28N4O5. The molecule has 2 aliphatic rings. The Hall–Kier alpha value is -1.97. The van der Waals surface area contributed by atoms with E-state index in [1.54, 1.807) is 18.7 Å². The van der Waals surface area contributed by atoms with Gasteiger partial charge in [0.05, 0.1) is 18.2 Å². The molecule has 0 aromatic carbocycles. The Morgan fingerprint density at radius 2 is 2.07 bits per heavy atom. The van der Waals surface area contributed by atoms with Crippen molar-refractivity contribution < 1.29 is 14.6 Å². The van der Waals surface area contributed by atoms with Crippen LogP contribution < -0.4 is 17.0 Å². The number of nitrogens with one attached hydrogen (secondary N) is 1. The van der Waals surface area contributed by atoms with Gasteiger partial charge < -0.3 is 20.5 Å². The molecule has 9 heteroatoms. The number of piperidine rings is 1. The maximum atomic E-state index is 12.4. The van der Waals surface area contributed by atoms with E-state index in [9.17, 15) is 19.5 Å². The molecule has 0 unspecified atom stereocenters. The molecule has 27 heavy (non-hydrogen) atoms. The van der Waals surface area contributed by atoms with Crippen LogP contribution in [0, 0.1) is 6.92 Å². The minimum Gasteiger partial charge on any atom is -0.386 e. The fourth-order valence-electron chi connectivity index (χ4n) is 4.04. The summed E-state index contributed by atoms with van der Waals surface area (Å²) in [5, 5.41) is 10.8. The summed E-state index contributed by atoms with van der Waals surface area (Å²) in [4.78, 5) is 40.2. The Balaban J connectivity index is 1.83. The molecule has 4 N–H and O–H groups in total. The quantitative estimate of drug-likeness (QED) is 0.634. The molecule has 2 fully saturated rings. The van der Waals surface area contributed by atoms with Crippen molar-refractivity contribution in [1.82, 2.24) is 14.5 Å². The van der Waals surface area contributed by atoms with Crippen LogP contribution in [0.2, 0.25) is 0 Å². The summed E-state index contributed by atoms with van der Waals surface area (Å²) in [7, 11) is 0. The van der Waals surface area contributed by atoms with Gasteiger partial charge in [0, 0.05) is 44.2 Å². The number of aryl methyl sites for hydroxylation is 1. The number of hydrogen-bond donors (Lipinski definition) is 3. The number of rotatable bonds is 3. The number of aromatic nitrogens is 2. The van der Waals surface area contributed by atoms with Gasteiger partial charge in [0.1, 0.15) is 5.60 Å². The lowest BCUT2D eigenvalue weighted by Crippen LogP contribution is -2.59. The van der Waals surface area contributed by atoms with Crippen LogP contribution in [0.15, 0.2) is 15.8 Å². The SMILES string of the molecule is Cc1cn([C@H]2CC3(CCN(C(=O)CCN)CC3)OC[C@]2(C)O)c(=O)[nH]c1=O. The zero-order valence-electron chi connectivity index (χ0n) is 15.9. The van der Waals surface area contributed by atoms with Gasteiger partial charge in [-0.05, 0) is 26.7 Å². The molecule has 0 aliphatic carbocycles. The summed E-state index contributed by atoms with van der Waals surface area (Å²) >= 11 is 0. The van der Waals surface area contributed by atoms with Gasteiger partial charge in [-0.1, -0.05) is 0 Å². The van der Waals surface area contributed by atoms with Crippen LogP contribution in [0.5, 0.6) is 0 Å². The summed E-state index contributed by atoms with van der Waals surface area (Å²) in [5.74, 6) is 0.0409. The molecule has 1 aromatic heterocycles. The third kappa shape index (κ3) is 3.85. The Labute approximate surface area is 157 Å². The smallest absolute Gasteiger partial charge is 0.328 e. The second kappa shape index (κ2) is 7.21. The van der Waals surface area contributed by atoms with Gasteiger partial charge in [-0.3, -0.25) is 19.1 Å². The highest BCUT2D eigenvalue weighted by molar-refractivity contribution is 5.76. The van der Waals surface area contributed by atoms with Gasteiger partial charge in [-0.25, -0.2) is 4.79 Å². The summed E-state index contributed by atoms with van der Waals surface area (Å²) in [6.45, 7) is 4.80. The predicted octanol–water partition coefficient (Wildman–Crippen LogP) is -0.733. The highest BCUT2D eigenvalue weighted by atomic mass is 16.5. The van der Waals surface area contributed by atoms with E-state index >= 15 is 0 Å². The molecule has 0 bridgehead atoms. The Morgan fingerprint density at radius 3 is 2.70 bits per heavy atom. The van der Waals surface area contributed by atoms with Gasteiger partial charge in [0.2, 0.25) is 5.91 Å². The third-order valence-electron chi connectivity index (χ3n) is 5.82. The summed E-state index contributed by atoms with van der Waals surface area (Å²) < 4.78 is 7.47. The van der Waals surface area contributed by atoms with Gasteiger partial charge in [-0.2, -0.15) is 0 Å². The van der Waals surface area contributed by atoms with E-state index in [1.807, 2.05) is 0 Å². The molecule has 2 atom stereocenters. The first-order valence-electron chi connectivity index (χ1n) is 9.34. The number of H-pyrrole nitrogens is 1. The zero-order chi connectivity index (χ0) is 19.8. The standard InChI is InChI=1S/C18H28N4O5/c1-12-10-22(16(25)20-15(12)24)13-9-18(27-11-17(13,2)26)4-7-21(8-5-18)14(23)3-6-19/h10,13,26H,3-9,11,19H2,1-2H3,(H,20,24,25)/t13-,17-/m0/s1. The molecule has 1 spiro atoms. The molecule has 9 nitrogen and oxygen atoms in total. The number of aliphatic hydroxyl groups is 1. The van der Waals surface area contributed by atoms with Crippen molar-refractivity contribution in [3.05, 3.63) is 32.6 Å². The van der Waals surface area contributed by atoms with Crippen molar-refractivity contribution in [3.63, 3.8) is 0 Å². The maximum Gasteiger partial charge on any atom is 0.328 e. The highest BCUT2D eigenvalue weighted by Crippen LogP contribution is 2.43. The second-order valence-electron chi connectivity index (χ2n) is 7.95. The number of amides is 1. The van der Waals surface area contributed by atoms with E-state index in [4.69, 9.17) is 10.5 Å². The predicted molar refractivity (Wildman–Crippen MR) is 98.5 cm³/mol. The minimum atomic E-state index is -1.24. The van der Waals surface area contributed by atoms with E-state index < -0.39 is 28.5 Å². The molecule has 3 heterocycles. The second-order valence-corrected chi connectivity index (χ2v) is 7.95. The Kier molecular flexibility index (Phi) is 5.29. The number of carbonyl (C=O) groups is 1. The van der Waals surface area contributed by atoms with Crippen molar-refractivity contribution >= 4 is 5.91 Å². The van der Waals surface area contributed by atoms with E-state index in [2.05, 4.69) is 4.98 Å². The van der Waals surface area contributed by atoms with Gasteiger partial charge in [-0.15, -0.1) is 0 Å². The van der Waals surface area contributed by atoms with Crippen molar-refractivity contribution in [2.75, 3.05) is 26.2 Å². The third-order valence-corrected chi connectivity index (χ3v) is 5.82. The fraction of sp³-hybridized carbons (Fsp3) is 0.722. The molecular weight excluding hydrogens is 352 g/mol. The first-order valence-corrected chi connectivity index (χ1v) is 9.34. The fourth-order valence-corrected chi connectivity index (χ4v) is 4.04. The van der Waals surface area contributed by atoms with E-state index in [0.29, 0.717) is 50.9 Å². The average Bonchev–Trinajstić information content (AvgIpc) is 2.62. The first kappa shape index (κ1) is 19.8. The van der Waals surface area contributed by atoms with Crippen LogP contribution in [0.1, 0.15) is 44.2 Å². The van der Waals surface area contributed by atoms with Crippen LogP contribution in [-0.2, 0) is 9.53 Å². The van der Waals surface area contributed by atoms with Gasteiger partial charge >= 0.3 is 5.69 Å². The normalized spacial score (nSPS) is 27.7.